The van der Waals surface area contributed by atoms with Gasteiger partial charge >= 0.3 is 0 Å². The Balaban J connectivity index is 2.22. The summed E-state index contributed by atoms with van der Waals surface area (Å²) < 4.78 is 5.80. The zero-order chi connectivity index (χ0) is 23.0. The fourth-order valence-corrected chi connectivity index (χ4v) is 3.59. The highest BCUT2D eigenvalue weighted by molar-refractivity contribution is 6.36. The lowest BCUT2D eigenvalue weighted by molar-refractivity contribution is -0.142. The quantitative estimate of drug-likeness (QED) is 0.483. The smallest absolute Gasteiger partial charge is 0.261 e. The molecule has 2 rings (SSSR count). The van der Waals surface area contributed by atoms with Crippen LogP contribution in [0.3, 0.4) is 0 Å². The van der Waals surface area contributed by atoms with E-state index in [-0.39, 0.29) is 25.0 Å². The van der Waals surface area contributed by atoms with E-state index in [4.69, 9.17) is 27.9 Å². The van der Waals surface area contributed by atoms with Gasteiger partial charge in [-0.15, -0.1) is 0 Å². The first kappa shape index (κ1) is 25.0. The first-order chi connectivity index (χ1) is 14.8. The van der Waals surface area contributed by atoms with Gasteiger partial charge in [-0.25, -0.2) is 0 Å². The molecule has 0 aliphatic rings. The molecule has 0 radical (unpaired) electrons. The second-order valence-corrected chi connectivity index (χ2v) is 8.34. The summed E-state index contributed by atoms with van der Waals surface area (Å²) in [5.41, 5.74) is 2.65. The van der Waals surface area contributed by atoms with Gasteiger partial charge in [-0.3, -0.25) is 9.59 Å². The lowest BCUT2D eigenvalue weighted by Crippen LogP contribution is -2.49. The van der Waals surface area contributed by atoms with Gasteiger partial charge in [0.05, 0.1) is 0 Å². The van der Waals surface area contributed by atoms with Crippen molar-refractivity contribution in [1.29, 1.82) is 0 Å². The van der Waals surface area contributed by atoms with E-state index in [1.807, 2.05) is 32.0 Å². The number of unbranched alkanes of at least 4 members (excludes halogenated alkanes) is 1. The van der Waals surface area contributed by atoms with Gasteiger partial charge in [0.15, 0.2) is 6.61 Å². The van der Waals surface area contributed by atoms with E-state index < -0.39 is 6.04 Å². The van der Waals surface area contributed by atoms with Crippen molar-refractivity contribution in [2.45, 2.75) is 53.1 Å². The van der Waals surface area contributed by atoms with E-state index in [9.17, 15) is 9.59 Å². The van der Waals surface area contributed by atoms with Gasteiger partial charge < -0.3 is 15.0 Å². The molecule has 0 heterocycles. The highest BCUT2D eigenvalue weighted by atomic mass is 35.5. The molecule has 0 saturated carbocycles. The first-order valence-electron chi connectivity index (χ1n) is 10.4. The number of hydrogen-bond acceptors (Lipinski definition) is 3. The average Bonchev–Trinajstić information content (AvgIpc) is 2.74. The first-order valence-corrected chi connectivity index (χ1v) is 11.2. The molecule has 31 heavy (non-hydrogen) atoms. The minimum Gasteiger partial charge on any atom is -0.483 e. The topological polar surface area (TPSA) is 58.6 Å². The highest BCUT2D eigenvalue weighted by Gasteiger charge is 2.27. The van der Waals surface area contributed by atoms with Crippen molar-refractivity contribution in [3.8, 4) is 5.75 Å². The molecule has 0 aliphatic carbocycles. The summed E-state index contributed by atoms with van der Waals surface area (Å²) in [7, 11) is 0. The number of carbonyl (C=O) groups is 2. The normalized spacial score (nSPS) is 11.7. The van der Waals surface area contributed by atoms with Crippen LogP contribution < -0.4 is 10.1 Å². The number of rotatable bonds is 10. The lowest BCUT2D eigenvalue weighted by atomic mass is 10.1. The third-order valence-corrected chi connectivity index (χ3v) is 6.00. The number of nitrogens with zero attached hydrogens (tertiary/aromatic N) is 1. The van der Waals surface area contributed by atoms with Crippen LogP contribution in [0.1, 0.15) is 43.4 Å². The Kier molecular flexibility index (Phi) is 9.66. The molecule has 2 aromatic rings. The zero-order valence-electron chi connectivity index (χ0n) is 18.5. The summed E-state index contributed by atoms with van der Waals surface area (Å²) in [6, 6.07) is 10.1. The number of carbonyl (C=O) groups excluding carboxylic acids is 2. The van der Waals surface area contributed by atoms with Gasteiger partial charge in [-0.2, -0.15) is 0 Å². The van der Waals surface area contributed by atoms with E-state index in [1.165, 1.54) is 4.90 Å². The Labute approximate surface area is 194 Å². The van der Waals surface area contributed by atoms with Gasteiger partial charge in [0.1, 0.15) is 11.8 Å². The molecule has 0 aliphatic heterocycles. The number of benzene rings is 2. The fraction of sp³-hybridized carbons (Fsp3) is 0.417. The van der Waals surface area contributed by atoms with Crippen molar-refractivity contribution in [1.82, 2.24) is 10.2 Å². The maximum Gasteiger partial charge on any atom is 0.261 e. The molecule has 7 heteroatoms. The van der Waals surface area contributed by atoms with Crippen molar-refractivity contribution in [3.05, 3.63) is 63.1 Å². The Morgan fingerprint density at radius 2 is 1.74 bits per heavy atom. The minimum absolute atomic E-state index is 0.107. The maximum absolute atomic E-state index is 13.2. The molecule has 2 amide bonds. The number of amides is 2. The second kappa shape index (κ2) is 12.0. The van der Waals surface area contributed by atoms with Gasteiger partial charge in [-0.1, -0.05) is 54.7 Å². The van der Waals surface area contributed by atoms with E-state index >= 15 is 0 Å². The number of aryl methyl sites for hydroxylation is 1. The van der Waals surface area contributed by atoms with E-state index in [0.717, 1.165) is 24.0 Å². The van der Waals surface area contributed by atoms with Gasteiger partial charge in [0, 0.05) is 28.7 Å². The van der Waals surface area contributed by atoms with E-state index in [0.29, 0.717) is 27.9 Å². The lowest BCUT2D eigenvalue weighted by Gasteiger charge is -2.29. The third-order valence-electron chi connectivity index (χ3n) is 5.29. The number of halogens is 2. The molecule has 0 spiro atoms. The molecule has 0 fully saturated rings. The Morgan fingerprint density at radius 1 is 1.10 bits per heavy atom. The predicted octanol–water partition coefficient (Wildman–Crippen LogP) is 5.32. The van der Waals surface area contributed by atoms with Crippen molar-refractivity contribution in [2.75, 3.05) is 13.2 Å². The van der Waals surface area contributed by atoms with Crippen LogP contribution in [0.5, 0.6) is 5.75 Å². The van der Waals surface area contributed by atoms with Gasteiger partial charge in [-0.05, 0) is 56.5 Å². The Morgan fingerprint density at radius 3 is 2.39 bits per heavy atom. The standard InChI is InChI=1S/C24H30Cl2N2O3/c1-5-6-13-27-24(30)18(4)28(14-19-20(25)10-8-11-21(19)26)23(29)15-31-22-12-7-9-16(2)17(22)3/h7-12,18H,5-6,13-15H2,1-4H3,(H,27,30)/t18-/m1/s1. The summed E-state index contributed by atoms with van der Waals surface area (Å²) in [5, 5.41) is 3.77. The summed E-state index contributed by atoms with van der Waals surface area (Å²) in [4.78, 5) is 27.3. The van der Waals surface area contributed by atoms with E-state index in [1.54, 1.807) is 25.1 Å². The molecule has 1 N–H and O–H groups in total. The third kappa shape index (κ3) is 6.88. The summed E-state index contributed by atoms with van der Waals surface area (Å²) in [5.74, 6) is 0.0934. The fourth-order valence-electron chi connectivity index (χ4n) is 3.08. The van der Waals surface area contributed by atoms with Crippen LogP contribution in [0.2, 0.25) is 10.0 Å². The summed E-state index contributed by atoms with van der Waals surface area (Å²) in [6.45, 7) is 8.15. The van der Waals surface area contributed by atoms with Crippen molar-refractivity contribution in [3.63, 3.8) is 0 Å². The van der Waals surface area contributed by atoms with Crippen molar-refractivity contribution >= 4 is 35.0 Å². The van der Waals surface area contributed by atoms with Gasteiger partial charge in [0.2, 0.25) is 5.91 Å². The number of ether oxygens (including phenoxy) is 1. The molecular weight excluding hydrogens is 435 g/mol. The maximum atomic E-state index is 13.2. The molecule has 168 valence electrons. The average molecular weight is 465 g/mol. The Hall–Kier alpha value is -2.24. The molecule has 1 atom stereocenters. The summed E-state index contributed by atoms with van der Waals surface area (Å²) >= 11 is 12.6. The molecule has 0 bridgehead atoms. The Bertz CT molecular complexity index is 897. The number of hydrogen-bond donors (Lipinski definition) is 1. The van der Waals surface area contributed by atoms with Gasteiger partial charge in [0.25, 0.3) is 5.91 Å². The second-order valence-electron chi connectivity index (χ2n) is 7.53. The SMILES string of the molecule is CCCCNC(=O)[C@@H](C)N(Cc1c(Cl)cccc1Cl)C(=O)COc1cccc(C)c1C. The molecule has 2 aromatic carbocycles. The van der Waals surface area contributed by atoms with E-state index in [2.05, 4.69) is 12.2 Å². The molecule has 5 nitrogen and oxygen atoms in total. The van der Waals surface area contributed by atoms with Crippen molar-refractivity contribution < 1.29 is 14.3 Å². The van der Waals surface area contributed by atoms with Crippen LogP contribution in [-0.4, -0.2) is 35.9 Å². The van der Waals surface area contributed by atoms with Crippen molar-refractivity contribution in [2.24, 2.45) is 0 Å². The largest absolute Gasteiger partial charge is 0.483 e. The molecular formula is C24H30Cl2N2O3. The molecule has 0 saturated heterocycles. The molecule has 0 aromatic heterocycles. The monoisotopic (exact) mass is 464 g/mol. The minimum atomic E-state index is -0.709. The van der Waals surface area contributed by atoms with Crippen LogP contribution in [0.25, 0.3) is 0 Å². The zero-order valence-corrected chi connectivity index (χ0v) is 20.0. The van der Waals surface area contributed by atoms with Crippen LogP contribution in [0.4, 0.5) is 0 Å². The van der Waals surface area contributed by atoms with Crippen LogP contribution in [0.15, 0.2) is 36.4 Å². The predicted molar refractivity (Wildman–Crippen MR) is 126 cm³/mol. The number of nitrogens with one attached hydrogen (secondary N) is 1. The van der Waals surface area contributed by atoms with Crippen LogP contribution in [0, 0.1) is 13.8 Å². The highest BCUT2D eigenvalue weighted by Crippen LogP contribution is 2.27. The molecule has 0 unspecified atom stereocenters. The summed E-state index contributed by atoms with van der Waals surface area (Å²) in [6.07, 6.45) is 1.84. The van der Waals surface area contributed by atoms with Crippen LogP contribution >= 0.6 is 23.2 Å². The van der Waals surface area contributed by atoms with Crippen LogP contribution in [-0.2, 0) is 16.1 Å².